The van der Waals surface area contributed by atoms with E-state index in [2.05, 4.69) is 4.98 Å². The number of halogens is 4. The fourth-order valence-corrected chi connectivity index (χ4v) is 1.50. The van der Waals surface area contributed by atoms with Crippen molar-refractivity contribution >= 4 is 11.7 Å². The number of aryl methyl sites for hydroxylation is 1. The zero-order valence-corrected chi connectivity index (χ0v) is 10.8. The van der Waals surface area contributed by atoms with E-state index in [-0.39, 0.29) is 11.4 Å². The molecular formula is C12H15F4N3O. The molecule has 0 aromatic carbocycles. The zero-order valence-electron chi connectivity index (χ0n) is 10.8. The van der Waals surface area contributed by atoms with Crippen LogP contribution in [0.25, 0.3) is 0 Å². The van der Waals surface area contributed by atoms with Gasteiger partial charge in [-0.1, -0.05) is 13.3 Å². The number of carbonyl (C=O) groups is 1. The van der Waals surface area contributed by atoms with Gasteiger partial charge in [-0.3, -0.25) is 4.79 Å². The number of nitrogens with two attached hydrogens (primary N) is 1. The third-order valence-electron chi connectivity index (χ3n) is 2.47. The number of hydrogen-bond acceptors (Lipinski definition) is 3. The molecule has 20 heavy (non-hydrogen) atoms. The molecule has 0 saturated carbocycles. The summed E-state index contributed by atoms with van der Waals surface area (Å²) in [5.74, 6) is -5.08. The van der Waals surface area contributed by atoms with Crippen molar-refractivity contribution in [1.82, 2.24) is 10.3 Å². The van der Waals surface area contributed by atoms with Crippen LogP contribution >= 0.6 is 0 Å². The van der Waals surface area contributed by atoms with Gasteiger partial charge in [-0.25, -0.2) is 13.8 Å². The minimum absolute atomic E-state index is 0.0195. The van der Waals surface area contributed by atoms with Gasteiger partial charge in [-0.05, 0) is 18.6 Å². The SMILES string of the molecule is CCCc1cc(C(=O)NCC(F)(F)C(F)F)cc(N)n1. The van der Waals surface area contributed by atoms with E-state index in [1.165, 1.54) is 12.1 Å². The standard InChI is InChI=1S/C12H15F4N3O/c1-2-3-8-4-7(5-9(17)19-8)10(20)18-6-12(15,16)11(13)14/h4-5,11H,2-3,6H2,1H3,(H2,17,19)(H,18,20). The first-order valence-corrected chi connectivity index (χ1v) is 5.97. The van der Waals surface area contributed by atoms with Crippen LogP contribution < -0.4 is 11.1 Å². The van der Waals surface area contributed by atoms with Crippen LogP contribution in [0.3, 0.4) is 0 Å². The van der Waals surface area contributed by atoms with Crippen molar-refractivity contribution < 1.29 is 22.4 Å². The van der Waals surface area contributed by atoms with Gasteiger partial charge in [0.2, 0.25) is 0 Å². The average Bonchev–Trinajstić information content (AvgIpc) is 2.35. The van der Waals surface area contributed by atoms with E-state index in [1.807, 2.05) is 6.92 Å². The fraction of sp³-hybridized carbons (Fsp3) is 0.500. The first-order valence-electron chi connectivity index (χ1n) is 5.97. The van der Waals surface area contributed by atoms with E-state index in [4.69, 9.17) is 5.73 Å². The predicted molar refractivity (Wildman–Crippen MR) is 65.9 cm³/mol. The summed E-state index contributed by atoms with van der Waals surface area (Å²) in [6.07, 6.45) is -2.50. The highest BCUT2D eigenvalue weighted by Gasteiger charge is 2.40. The molecule has 0 spiro atoms. The Morgan fingerprint density at radius 2 is 2.10 bits per heavy atom. The van der Waals surface area contributed by atoms with Crippen molar-refractivity contribution in [3.05, 3.63) is 23.4 Å². The highest BCUT2D eigenvalue weighted by molar-refractivity contribution is 5.94. The topological polar surface area (TPSA) is 68.0 Å². The number of rotatable bonds is 6. The number of nitrogens with zero attached hydrogens (tertiary/aromatic N) is 1. The van der Waals surface area contributed by atoms with Gasteiger partial charge in [0.15, 0.2) is 0 Å². The molecule has 1 aromatic rings. The van der Waals surface area contributed by atoms with Gasteiger partial charge in [-0.2, -0.15) is 8.78 Å². The summed E-state index contributed by atoms with van der Waals surface area (Å²) in [6, 6.07) is 2.60. The largest absolute Gasteiger partial charge is 0.384 e. The maximum absolute atomic E-state index is 12.7. The number of pyridine rings is 1. The maximum Gasteiger partial charge on any atom is 0.324 e. The number of amides is 1. The van der Waals surface area contributed by atoms with E-state index in [0.29, 0.717) is 12.1 Å². The Hall–Kier alpha value is -1.86. The number of hydrogen-bond donors (Lipinski definition) is 2. The minimum atomic E-state index is -4.26. The number of carbonyl (C=O) groups excluding carboxylic acids is 1. The van der Waals surface area contributed by atoms with Gasteiger partial charge in [0.05, 0.1) is 6.54 Å². The Balaban J connectivity index is 2.77. The second-order valence-electron chi connectivity index (χ2n) is 4.27. The summed E-state index contributed by atoms with van der Waals surface area (Å²) in [6.45, 7) is 0.461. The van der Waals surface area contributed by atoms with Gasteiger partial charge in [0.25, 0.3) is 5.91 Å². The van der Waals surface area contributed by atoms with Gasteiger partial charge in [-0.15, -0.1) is 0 Å². The summed E-state index contributed by atoms with van der Waals surface area (Å²) in [5, 5.41) is 1.76. The van der Waals surface area contributed by atoms with Crippen LogP contribution in [0.1, 0.15) is 29.4 Å². The van der Waals surface area contributed by atoms with Gasteiger partial charge in [0.1, 0.15) is 5.82 Å². The maximum atomic E-state index is 12.7. The lowest BCUT2D eigenvalue weighted by Gasteiger charge is -2.16. The van der Waals surface area contributed by atoms with Crippen LogP contribution in [-0.2, 0) is 6.42 Å². The quantitative estimate of drug-likeness (QED) is 0.790. The highest BCUT2D eigenvalue weighted by atomic mass is 19.3. The number of anilines is 1. The van der Waals surface area contributed by atoms with Crippen LogP contribution in [0.5, 0.6) is 0 Å². The summed E-state index contributed by atoms with van der Waals surface area (Å²) < 4.78 is 49.3. The minimum Gasteiger partial charge on any atom is -0.384 e. The monoisotopic (exact) mass is 293 g/mol. The Bertz CT molecular complexity index is 480. The lowest BCUT2D eigenvalue weighted by molar-refractivity contribution is -0.123. The lowest BCUT2D eigenvalue weighted by atomic mass is 10.1. The molecule has 0 aliphatic carbocycles. The average molecular weight is 293 g/mol. The number of alkyl halides is 4. The molecule has 1 amide bonds. The second-order valence-corrected chi connectivity index (χ2v) is 4.27. The second kappa shape index (κ2) is 6.53. The van der Waals surface area contributed by atoms with Crippen molar-refractivity contribution in [1.29, 1.82) is 0 Å². The molecule has 1 heterocycles. The van der Waals surface area contributed by atoms with Crippen molar-refractivity contribution in [2.75, 3.05) is 12.3 Å². The molecule has 0 bridgehead atoms. The molecule has 112 valence electrons. The third kappa shape index (κ3) is 4.36. The molecule has 0 radical (unpaired) electrons. The van der Waals surface area contributed by atoms with Gasteiger partial charge in [0, 0.05) is 11.3 Å². The normalized spacial score (nSPS) is 11.7. The molecule has 8 heteroatoms. The number of nitrogen functional groups attached to an aromatic ring is 1. The summed E-state index contributed by atoms with van der Waals surface area (Å²) >= 11 is 0. The van der Waals surface area contributed by atoms with Crippen LogP contribution in [0.4, 0.5) is 23.4 Å². The van der Waals surface area contributed by atoms with Crippen molar-refractivity contribution in [2.45, 2.75) is 32.1 Å². The summed E-state index contributed by atoms with van der Waals surface area (Å²) in [5.41, 5.74) is 6.06. The molecule has 1 aromatic heterocycles. The van der Waals surface area contributed by atoms with E-state index >= 15 is 0 Å². The zero-order chi connectivity index (χ0) is 15.3. The Morgan fingerprint density at radius 3 is 2.65 bits per heavy atom. The third-order valence-corrected chi connectivity index (χ3v) is 2.47. The van der Waals surface area contributed by atoms with E-state index in [1.54, 1.807) is 5.32 Å². The van der Waals surface area contributed by atoms with Gasteiger partial charge >= 0.3 is 12.3 Å². The first-order chi connectivity index (χ1) is 9.26. The molecule has 0 fully saturated rings. The van der Waals surface area contributed by atoms with Crippen molar-refractivity contribution in [3.63, 3.8) is 0 Å². The van der Waals surface area contributed by atoms with Crippen LogP contribution in [0.2, 0.25) is 0 Å². The molecule has 0 saturated heterocycles. The van der Waals surface area contributed by atoms with E-state index < -0.39 is 24.8 Å². The van der Waals surface area contributed by atoms with E-state index in [0.717, 1.165) is 6.42 Å². The van der Waals surface area contributed by atoms with Gasteiger partial charge < -0.3 is 11.1 Å². The molecule has 3 N–H and O–H groups in total. The van der Waals surface area contributed by atoms with E-state index in [9.17, 15) is 22.4 Å². The Kier molecular flexibility index (Phi) is 5.29. The smallest absolute Gasteiger partial charge is 0.324 e. The summed E-state index contributed by atoms with van der Waals surface area (Å²) in [4.78, 5) is 15.6. The molecule has 0 atom stereocenters. The number of nitrogens with one attached hydrogen (secondary N) is 1. The van der Waals surface area contributed by atoms with Crippen LogP contribution in [0.15, 0.2) is 12.1 Å². The van der Waals surface area contributed by atoms with Crippen LogP contribution in [0, 0.1) is 0 Å². The molecule has 0 aliphatic rings. The van der Waals surface area contributed by atoms with Crippen molar-refractivity contribution in [2.24, 2.45) is 0 Å². The van der Waals surface area contributed by atoms with Crippen LogP contribution in [-0.4, -0.2) is 29.8 Å². The first kappa shape index (κ1) is 16.2. The van der Waals surface area contributed by atoms with Crippen molar-refractivity contribution in [3.8, 4) is 0 Å². The molecule has 4 nitrogen and oxygen atoms in total. The number of aromatic nitrogens is 1. The lowest BCUT2D eigenvalue weighted by Crippen LogP contribution is -2.41. The Morgan fingerprint density at radius 1 is 1.45 bits per heavy atom. The molecule has 1 rings (SSSR count). The molecular weight excluding hydrogens is 278 g/mol. The Labute approximate surface area is 113 Å². The summed E-state index contributed by atoms with van der Waals surface area (Å²) in [7, 11) is 0. The highest BCUT2D eigenvalue weighted by Crippen LogP contribution is 2.21. The predicted octanol–water partition coefficient (Wildman–Crippen LogP) is 2.25. The fourth-order valence-electron chi connectivity index (χ4n) is 1.50. The molecule has 0 aliphatic heterocycles. The molecule has 0 unspecified atom stereocenters.